The summed E-state index contributed by atoms with van der Waals surface area (Å²) in [4.78, 5) is 18.1. The van der Waals surface area contributed by atoms with E-state index in [2.05, 4.69) is 10.1 Å². The van der Waals surface area contributed by atoms with E-state index >= 15 is 0 Å². The van der Waals surface area contributed by atoms with Gasteiger partial charge in [0.25, 0.3) is 5.89 Å². The number of carbonyl (C=O) groups excluding carboxylic acids is 1. The Kier molecular flexibility index (Phi) is 9.12. The normalized spacial score (nSPS) is 12.1. The Bertz CT molecular complexity index is 1560. The van der Waals surface area contributed by atoms with Crippen LogP contribution in [0.5, 0.6) is 0 Å². The fraction of sp³-hybridized carbons (Fsp3) is 0.323. The molecule has 0 bridgehead atoms. The highest BCUT2D eigenvalue weighted by Gasteiger charge is 2.33. The molecule has 42 heavy (non-hydrogen) atoms. The van der Waals surface area contributed by atoms with Crippen LogP contribution in [0.1, 0.15) is 37.5 Å². The summed E-state index contributed by atoms with van der Waals surface area (Å²) >= 11 is 0. The number of alkyl halides is 3. The van der Waals surface area contributed by atoms with Crippen molar-refractivity contribution in [3.8, 4) is 34.0 Å². The van der Waals surface area contributed by atoms with Crippen molar-refractivity contribution < 1.29 is 36.4 Å². The number of likely N-dealkylation sites (N-methyl/N-ethyl adjacent to an activating group) is 1. The minimum absolute atomic E-state index is 0.00168. The molecule has 0 saturated heterocycles. The van der Waals surface area contributed by atoms with Crippen molar-refractivity contribution >= 4 is 5.97 Å². The number of hydrogen-bond donors (Lipinski definition) is 0. The number of esters is 1. The molecular formula is C31H31F4N3O4. The molecule has 0 aliphatic heterocycles. The van der Waals surface area contributed by atoms with Gasteiger partial charge >= 0.3 is 12.1 Å². The highest BCUT2D eigenvalue weighted by molar-refractivity contribution is 5.75. The largest absolute Gasteiger partial charge is 0.459 e. The van der Waals surface area contributed by atoms with Crippen molar-refractivity contribution in [1.29, 1.82) is 0 Å². The molecule has 0 unspecified atom stereocenters. The molecule has 0 fully saturated rings. The Hall–Kier alpha value is -4.09. The molecule has 222 valence electrons. The number of nitrogens with zero attached hydrogens (tertiary/aromatic N) is 3. The Morgan fingerprint density at radius 3 is 2.33 bits per heavy atom. The lowest BCUT2D eigenvalue weighted by molar-refractivity contribution is -0.155. The molecule has 3 aromatic carbocycles. The van der Waals surface area contributed by atoms with E-state index in [0.717, 1.165) is 6.07 Å². The van der Waals surface area contributed by atoms with Crippen molar-refractivity contribution in [2.75, 3.05) is 20.7 Å². The first-order chi connectivity index (χ1) is 19.7. The van der Waals surface area contributed by atoms with Gasteiger partial charge in [-0.3, -0.25) is 9.69 Å². The monoisotopic (exact) mass is 585 g/mol. The molecule has 0 N–H and O–H groups in total. The van der Waals surface area contributed by atoms with Gasteiger partial charge in [0.05, 0.1) is 18.7 Å². The third kappa shape index (κ3) is 7.59. The number of benzene rings is 3. The zero-order chi connectivity index (χ0) is 30.7. The van der Waals surface area contributed by atoms with Gasteiger partial charge in [-0.15, -0.1) is 0 Å². The van der Waals surface area contributed by atoms with Gasteiger partial charge in [0.1, 0.15) is 11.4 Å². The minimum atomic E-state index is -4.53. The summed E-state index contributed by atoms with van der Waals surface area (Å²) < 4.78 is 72.0. The molecule has 0 aliphatic carbocycles. The van der Waals surface area contributed by atoms with E-state index in [9.17, 15) is 22.4 Å². The fourth-order valence-corrected chi connectivity index (χ4v) is 4.44. The number of rotatable bonds is 9. The highest BCUT2D eigenvalue weighted by Crippen LogP contribution is 2.39. The van der Waals surface area contributed by atoms with Crippen LogP contribution in [-0.2, 0) is 33.6 Å². The molecule has 1 heterocycles. The number of halogens is 4. The molecule has 0 atom stereocenters. The molecule has 0 aliphatic rings. The predicted octanol–water partition coefficient (Wildman–Crippen LogP) is 7.15. The Morgan fingerprint density at radius 2 is 1.67 bits per heavy atom. The zero-order valence-electron chi connectivity index (χ0n) is 23.9. The van der Waals surface area contributed by atoms with Gasteiger partial charge in [0.2, 0.25) is 5.82 Å². The summed E-state index contributed by atoms with van der Waals surface area (Å²) in [5.74, 6) is -0.672. The van der Waals surface area contributed by atoms with E-state index in [1.807, 2.05) is 0 Å². The van der Waals surface area contributed by atoms with E-state index in [0.29, 0.717) is 27.8 Å². The molecule has 1 aromatic heterocycles. The van der Waals surface area contributed by atoms with Crippen LogP contribution in [0.3, 0.4) is 0 Å². The summed E-state index contributed by atoms with van der Waals surface area (Å²) in [6, 6.07) is 14.6. The third-order valence-corrected chi connectivity index (χ3v) is 6.17. The van der Waals surface area contributed by atoms with Gasteiger partial charge in [-0.1, -0.05) is 41.6 Å². The smallest absolute Gasteiger partial charge is 0.417 e. The standard InChI is InChI=1S/C31H31F4N3O4/c1-30(2,3)41-27(39)17-38(4)16-21-11-10-19(15-26(21)32)28-36-29(42-37-28)20-12-13-23(22(14-20)18-40-5)24-8-6-7-9-25(24)31(33,34)35/h6-15H,16-18H2,1-5H3. The summed E-state index contributed by atoms with van der Waals surface area (Å²) in [6.07, 6.45) is -4.53. The average Bonchev–Trinajstić information content (AvgIpc) is 3.39. The number of methoxy groups -OCH3 is 1. The van der Waals surface area contributed by atoms with Crippen molar-refractivity contribution in [2.24, 2.45) is 0 Å². The van der Waals surface area contributed by atoms with Crippen LogP contribution in [-0.4, -0.2) is 47.3 Å². The topological polar surface area (TPSA) is 77.7 Å². The SMILES string of the molecule is COCc1cc(-c2nc(-c3ccc(CN(C)CC(=O)OC(C)(C)C)c(F)c3)no2)ccc1-c1ccccc1C(F)(F)F. The Morgan fingerprint density at radius 1 is 0.952 bits per heavy atom. The van der Waals surface area contributed by atoms with Gasteiger partial charge in [-0.05, 0) is 68.8 Å². The number of ether oxygens (including phenoxy) is 2. The van der Waals surface area contributed by atoms with Crippen molar-refractivity contribution in [3.05, 3.63) is 83.2 Å². The fourth-order valence-electron chi connectivity index (χ4n) is 4.44. The molecule has 0 amide bonds. The second kappa shape index (κ2) is 12.4. The van der Waals surface area contributed by atoms with Crippen molar-refractivity contribution in [1.82, 2.24) is 15.0 Å². The van der Waals surface area contributed by atoms with E-state index in [4.69, 9.17) is 14.0 Å². The molecule has 11 heteroatoms. The lowest BCUT2D eigenvalue weighted by atomic mass is 9.94. The van der Waals surface area contributed by atoms with Crippen molar-refractivity contribution in [3.63, 3.8) is 0 Å². The lowest BCUT2D eigenvalue weighted by Crippen LogP contribution is -2.32. The molecule has 4 aromatic rings. The van der Waals surface area contributed by atoms with Gasteiger partial charge in [0.15, 0.2) is 0 Å². The van der Waals surface area contributed by atoms with E-state index in [1.165, 1.54) is 25.3 Å². The van der Waals surface area contributed by atoms with E-state index < -0.39 is 29.1 Å². The van der Waals surface area contributed by atoms with Crippen LogP contribution < -0.4 is 0 Å². The van der Waals surface area contributed by atoms with Crippen LogP contribution in [0.2, 0.25) is 0 Å². The van der Waals surface area contributed by atoms with E-state index in [-0.39, 0.29) is 37.0 Å². The van der Waals surface area contributed by atoms with Gasteiger partial charge in [-0.25, -0.2) is 4.39 Å². The maximum absolute atomic E-state index is 15.0. The predicted molar refractivity (Wildman–Crippen MR) is 148 cm³/mol. The van der Waals surface area contributed by atoms with Gasteiger partial charge < -0.3 is 14.0 Å². The average molecular weight is 586 g/mol. The molecule has 0 radical (unpaired) electrons. The third-order valence-electron chi connectivity index (χ3n) is 6.17. The first-order valence-electron chi connectivity index (χ1n) is 13.1. The van der Waals surface area contributed by atoms with Gasteiger partial charge in [-0.2, -0.15) is 18.2 Å². The van der Waals surface area contributed by atoms with E-state index in [1.54, 1.807) is 69.1 Å². The summed E-state index contributed by atoms with van der Waals surface area (Å²) in [6.45, 7) is 5.55. The van der Waals surface area contributed by atoms with Crippen LogP contribution in [0.4, 0.5) is 17.6 Å². The second-order valence-corrected chi connectivity index (χ2v) is 10.8. The quantitative estimate of drug-likeness (QED) is 0.153. The highest BCUT2D eigenvalue weighted by atomic mass is 19.4. The zero-order valence-corrected chi connectivity index (χ0v) is 23.9. The second-order valence-electron chi connectivity index (χ2n) is 10.8. The molecule has 7 nitrogen and oxygen atoms in total. The maximum atomic E-state index is 15.0. The molecule has 0 spiro atoms. The van der Waals surface area contributed by atoms with Crippen LogP contribution in [0, 0.1) is 5.82 Å². The Balaban J connectivity index is 1.55. The maximum Gasteiger partial charge on any atom is 0.417 e. The van der Waals surface area contributed by atoms with Crippen LogP contribution >= 0.6 is 0 Å². The lowest BCUT2D eigenvalue weighted by Gasteiger charge is -2.22. The van der Waals surface area contributed by atoms with Crippen molar-refractivity contribution in [2.45, 2.75) is 45.7 Å². The summed E-state index contributed by atoms with van der Waals surface area (Å²) in [5, 5.41) is 3.97. The number of carbonyl (C=O) groups is 1. The van der Waals surface area contributed by atoms with Crippen LogP contribution in [0.25, 0.3) is 34.0 Å². The minimum Gasteiger partial charge on any atom is -0.459 e. The number of aromatic nitrogens is 2. The Labute approximate surface area is 241 Å². The molecule has 4 rings (SSSR count). The summed E-state index contributed by atoms with van der Waals surface area (Å²) in [7, 11) is 3.14. The summed E-state index contributed by atoms with van der Waals surface area (Å²) in [5.41, 5.74) is 0.732. The molecular weight excluding hydrogens is 554 g/mol. The first kappa shape index (κ1) is 30.9. The van der Waals surface area contributed by atoms with Gasteiger partial charge in [0, 0.05) is 30.3 Å². The van der Waals surface area contributed by atoms with Crippen LogP contribution in [0.15, 0.2) is 65.2 Å². The first-order valence-corrected chi connectivity index (χ1v) is 13.1. The molecule has 0 saturated carbocycles. The number of hydrogen-bond acceptors (Lipinski definition) is 7.